The molecular formula is C22H32N4O9. The van der Waals surface area contributed by atoms with Crippen molar-refractivity contribution in [1.29, 1.82) is 0 Å². The summed E-state index contributed by atoms with van der Waals surface area (Å²) in [6.07, 6.45) is -0.375. The van der Waals surface area contributed by atoms with Crippen LogP contribution in [0.1, 0.15) is 32.3 Å². The number of aliphatic hydroxyl groups is 1. The molecule has 0 heterocycles. The smallest absolute Gasteiger partial charge is 0.326 e. The lowest BCUT2D eigenvalue weighted by Crippen LogP contribution is -2.59. The minimum absolute atomic E-state index is 0.0197. The van der Waals surface area contributed by atoms with E-state index in [0.29, 0.717) is 12.0 Å². The molecule has 35 heavy (non-hydrogen) atoms. The third-order valence-corrected chi connectivity index (χ3v) is 5.33. The van der Waals surface area contributed by atoms with Crippen molar-refractivity contribution in [2.75, 3.05) is 6.61 Å². The number of hydrogen-bond acceptors (Lipinski definition) is 8. The number of nitrogens with two attached hydrogens (primary N) is 1. The summed E-state index contributed by atoms with van der Waals surface area (Å²) in [5.41, 5.74) is 6.46. The maximum absolute atomic E-state index is 12.7. The number of aliphatic hydroxyl groups excluding tert-OH is 1. The van der Waals surface area contributed by atoms with Crippen molar-refractivity contribution in [1.82, 2.24) is 16.0 Å². The van der Waals surface area contributed by atoms with Gasteiger partial charge < -0.3 is 42.1 Å². The number of carboxylic acid groups (broad SMARTS) is 2. The largest absolute Gasteiger partial charge is 0.508 e. The Morgan fingerprint density at radius 1 is 0.914 bits per heavy atom. The predicted molar refractivity (Wildman–Crippen MR) is 122 cm³/mol. The average molecular weight is 497 g/mol. The molecule has 5 unspecified atom stereocenters. The van der Waals surface area contributed by atoms with Crippen LogP contribution in [0.2, 0.25) is 0 Å². The number of carbonyl (C=O) groups is 5. The lowest BCUT2D eigenvalue weighted by Gasteiger charge is -2.25. The first-order valence-electron chi connectivity index (χ1n) is 10.9. The number of phenolic OH excluding ortho intramolecular Hbond substituents is 1. The summed E-state index contributed by atoms with van der Waals surface area (Å²) in [5, 5.41) is 43.9. The molecule has 5 atom stereocenters. The lowest BCUT2D eigenvalue weighted by atomic mass is 9.99. The SMILES string of the molecule is CCC(C)C(NC(=O)C(CO)NC(=O)C(CC(=O)O)NC(=O)C(N)Cc1ccc(O)cc1)C(=O)O. The van der Waals surface area contributed by atoms with Gasteiger partial charge in [-0.2, -0.15) is 0 Å². The van der Waals surface area contributed by atoms with Crippen LogP contribution < -0.4 is 21.7 Å². The fourth-order valence-electron chi connectivity index (χ4n) is 3.04. The van der Waals surface area contributed by atoms with Gasteiger partial charge in [-0.25, -0.2) is 4.79 Å². The third kappa shape index (κ3) is 9.59. The van der Waals surface area contributed by atoms with E-state index in [1.165, 1.54) is 24.3 Å². The Morgan fingerprint density at radius 2 is 1.46 bits per heavy atom. The van der Waals surface area contributed by atoms with Gasteiger partial charge in [0.1, 0.15) is 23.9 Å². The van der Waals surface area contributed by atoms with Crippen molar-refractivity contribution in [3.05, 3.63) is 29.8 Å². The van der Waals surface area contributed by atoms with Crippen LogP contribution in [0.4, 0.5) is 0 Å². The average Bonchev–Trinajstić information content (AvgIpc) is 2.80. The quantitative estimate of drug-likeness (QED) is 0.146. The van der Waals surface area contributed by atoms with E-state index < -0.39 is 72.8 Å². The van der Waals surface area contributed by atoms with Gasteiger partial charge in [-0.15, -0.1) is 0 Å². The van der Waals surface area contributed by atoms with Crippen LogP contribution in [0.25, 0.3) is 0 Å². The van der Waals surface area contributed by atoms with Gasteiger partial charge in [-0.1, -0.05) is 32.4 Å². The molecule has 13 heteroatoms. The molecule has 1 rings (SSSR count). The van der Waals surface area contributed by atoms with E-state index in [1.54, 1.807) is 13.8 Å². The summed E-state index contributed by atoms with van der Waals surface area (Å²) < 4.78 is 0. The third-order valence-electron chi connectivity index (χ3n) is 5.33. The van der Waals surface area contributed by atoms with Gasteiger partial charge in [0, 0.05) is 0 Å². The summed E-state index contributed by atoms with van der Waals surface area (Å²) in [4.78, 5) is 60.2. The molecule has 0 saturated heterocycles. The Bertz CT molecular complexity index is 907. The Morgan fingerprint density at radius 3 is 1.94 bits per heavy atom. The van der Waals surface area contributed by atoms with Gasteiger partial charge in [0.2, 0.25) is 17.7 Å². The molecule has 0 saturated carbocycles. The van der Waals surface area contributed by atoms with Gasteiger partial charge in [-0.3, -0.25) is 19.2 Å². The Hall–Kier alpha value is -3.71. The summed E-state index contributed by atoms with van der Waals surface area (Å²) >= 11 is 0. The highest BCUT2D eigenvalue weighted by Crippen LogP contribution is 2.11. The second kappa shape index (κ2) is 13.9. The molecule has 0 aromatic heterocycles. The first-order chi connectivity index (χ1) is 16.4. The standard InChI is InChI=1S/C22H32N4O9/c1-3-11(2)18(22(34)35)26-21(33)16(10-27)25-20(32)15(9-17(29)30)24-19(31)14(23)8-12-4-6-13(28)7-5-12/h4-7,11,14-16,18,27-28H,3,8-10,23H2,1-2H3,(H,24,31)(H,25,32)(H,26,33)(H,29,30)(H,34,35). The van der Waals surface area contributed by atoms with Gasteiger partial charge in [0.25, 0.3) is 0 Å². The second-order valence-corrected chi connectivity index (χ2v) is 8.09. The number of amides is 3. The maximum atomic E-state index is 12.7. The second-order valence-electron chi connectivity index (χ2n) is 8.09. The molecule has 194 valence electrons. The Balaban J connectivity index is 2.88. The van der Waals surface area contributed by atoms with E-state index >= 15 is 0 Å². The monoisotopic (exact) mass is 496 g/mol. The van der Waals surface area contributed by atoms with E-state index in [1.807, 2.05) is 0 Å². The Kier molecular flexibility index (Phi) is 11.6. The molecule has 1 aromatic carbocycles. The van der Waals surface area contributed by atoms with Gasteiger partial charge >= 0.3 is 11.9 Å². The number of carboxylic acids is 2. The molecule has 0 aliphatic heterocycles. The molecule has 0 aliphatic carbocycles. The molecule has 1 aromatic rings. The van der Waals surface area contributed by atoms with Crippen LogP contribution in [-0.2, 0) is 30.4 Å². The Labute approximate surface area is 201 Å². The highest BCUT2D eigenvalue weighted by Gasteiger charge is 2.32. The van der Waals surface area contributed by atoms with Crippen molar-refractivity contribution in [2.24, 2.45) is 11.7 Å². The topological polar surface area (TPSA) is 228 Å². The molecule has 0 spiro atoms. The summed E-state index contributed by atoms with van der Waals surface area (Å²) in [5.74, 6) is -6.06. The minimum Gasteiger partial charge on any atom is -0.508 e. The van der Waals surface area contributed by atoms with Gasteiger partial charge in [0.15, 0.2) is 0 Å². The van der Waals surface area contributed by atoms with Gasteiger partial charge in [-0.05, 0) is 30.0 Å². The van der Waals surface area contributed by atoms with Crippen LogP contribution in [0.5, 0.6) is 5.75 Å². The van der Waals surface area contributed by atoms with Crippen molar-refractivity contribution in [3.8, 4) is 5.75 Å². The van der Waals surface area contributed by atoms with Crippen molar-refractivity contribution in [3.63, 3.8) is 0 Å². The molecule has 0 aliphatic rings. The maximum Gasteiger partial charge on any atom is 0.326 e. The normalized spacial score (nSPS) is 15.1. The van der Waals surface area contributed by atoms with E-state index in [-0.39, 0.29) is 12.2 Å². The zero-order chi connectivity index (χ0) is 26.7. The number of carbonyl (C=O) groups excluding carboxylic acids is 3. The van der Waals surface area contributed by atoms with Crippen LogP contribution in [0.15, 0.2) is 24.3 Å². The van der Waals surface area contributed by atoms with Crippen molar-refractivity contribution in [2.45, 2.75) is 57.3 Å². The zero-order valence-corrected chi connectivity index (χ0v) is 19.4. The number of aromatic hydroxyl groups is 1. The molecule has 3 amide bonds. The molecule has 0 fully saturated rings. The summed E-state index contributed by atoms with van der Waals surface area (Å²) in [7, 11) is 0. The number of benzene rings is 1. The van der Waals surface area contributed by atoms with E-state index in [0.717, 1.165) is 0 Å². The summed E-state index contributed by atoms with van der Waals surface area (Å²) in [6, 6.07) is 0.229. The number of rotatable bonds is 14. The van der Waals surface area contributed by atoms with E-state index in [9.17, 15) is 39.3 Å². The molecule has 9 N–H and O–H groups in total. The fraction of sp³-hybridized carbons (Fsp3) is 0.500. The molecular weight excluding hydrogens is 464 g/mol. The number of phenols is 1. The number of aliphatic carboxylic acids is 2. The van der Waals surface area contributed by atoms with Crippen molar-refractivity contribution < 1.29 is 44.4 Å². The zero-order valence-electron chi connectivity index (χ0n) is 19.4. The highest BCUT2D eigenvalue weighted by molar-refractivity contribution is 5.95. The van der Waals surface area contributed by atoms with Crippen LogP contribution in [0.3, 0.4) is 0 Å². The fourth-order valence-corrected chi connectivity index (χ4v) is 3.04. The van der Waals surface area contributed by atoms with E-state index in [4.69, 9.17) is 10.8 Å². The predicted octanol–water partition coefficient (Wildman–Crippen LogP) is -1.69. The van der Waals surface area contributed by atoms with Crippen molar-refractivity contribution >= 4 is 29.7 Å². The lowest BCUT2D eigenvalue weighted by molar-refractivity contribution is -0.144. The first-order valence-corrected chi connectivity index (χ1v) is 10.9. The number of hydrogen-bond donors (Lipinski definition) is 8. The minimum atomic E-state index is -1.63. The van der Waals surface area contributed by atoms with Crippen LogP contribution in [-0.4, -0.2) is 80.9 Å². The first kappa shape index (κ1) is 29.3. The highest BCUT2D eigenvalue weighted by atomic mass is 16.4. The van der Waals surface area contributed by atoms with Crippen LogP contribution in [0, 0.1) is 5.92 Å². The van der Waals surface area contributed by atoms with Gasteiger partial charge in [0.05, 0.1) is 19.1 Å². The molecule has 0 radical (unpaired) electrons. The summed E-state index contributed by atoms with van der Waals surface area (Å²) in [6.45, 7) is 2.42. The van der Waals surface area contributed by atoms with Crippen LogP contribution >= 0.6 is 0 Å². The number of nitrogens with one attached hydrogen (secondary N) is 3. The molecule has 0 bridgehead atoms. The van der Waals surface area contributed by atoms with E-state index in [2.05, 4.69) is 16.0 Å². The molecule has 13 nitrogen and oxygen atoms in total.